The van der Waals surface area contributed by atoms with Crippen LogP contribution in [0.4, 0.5) is 4.79 Å². The molecule has 1 amide bonds. The van der Waals surface area contributed by atoms with E-state index in [0.29, 0.717) is 6.61 Å². The molecule has 0 aliphatic carbocycles. The van der Waals surface area contributed by atoms with Crippen molar-refractivity contribution in [1.82, 2.24) is 10.3 Å². The van der Waals surface area contributed by atoms with Gasteiger partial charge in [-0.2, -0.15) is 0 Å². The SMILES string of the molecule is COC(=O)[C@H](Cc1c[nH]c2cc(OCc3ccccc3)ccc12)NC(=O)OC(C)(C)C. The van der Waals surface area contributed by atoms with Gasteiger partial charge in [0.05, 0.1) is 7.11 Å². The van der Waals surface area contributed by atoms with E-state index in [1.165, 1.54) is 7.11 Å². The minimum Gasteiger partial charge on any atom is -0.489 e. The quantitative estimate of drug-likeness (QED) is 0.550. The molecule has 0 unspecified atom stereocenters. The van der Waals surface area contributed by atoms with E-state index in [1.54, 1.807) is 20.8 Å². The van der Waals surface area contributed by atoms with Crippen molar-refractivity contribution in [2.75, 3.05) is 7.11 Å². The minimum atomic E-state index is -0.868. The molecule has 0 bridgehead atoms. The second kappa shape index (κ2) is 9.55. The Morgan fingerprint density at radius 2 is 1.84 bits per heavy atom. The molecule has 1 aromatic heterocycles. The molecule has 1 heterocycles. The van der Waals surface area contributed by atoms with Gasteiger partial charge in [-0.05, 0) is 44.0 Å². The number of rotatable bonds is 7. The third kappa shape index (κ3) is 6.25. The molecule has 164 valence electrons. The number of aromatic amines is 1. The van der Waals surface area contributed by atoms with Gasteiger partial charge in [-0.25, -0.2) is 9.59 Å². The third-order valence-electron chi connectivity index (χ3n) is 4.59. The lowest BCUT2D eigenvalue weighted by molar-refractivity contribution is -0.143. The molecule has 3 aromatic rings. The van der Waals surface area contributed by atoms with Crippen LogP contribution in [0.2, 0.25) is 0 Å². The number of esters is 1. The Morgan fingerprint density at radius 1 is 1.10 bits per heavy atom. The Kier molecular flexibility index (Phi) is 6.84. The summed E-state index contributed by atoms with van der Waals surface area (Å²) in [6.45, 7) is 5.76. The number of carbonyl (C=O) groups excluding carboxylic acids is 2. The van der Waals surface area contributed by atoms with Crippen LogP contribution in [0, 0.1) is 0 Å². The molecule has 0 aliphatic heterocycles. The molecular formula is C24H28N2O5. The highest BCUT2D eigenvalue weighted by Gasteiger charge is 2.26. The molecule has 1 atom stereocenters. The number of hydrogen-bond acceptors (Lipinski definition) is 5. The smallest absolute Gasteiger partial charge is 0.408 e. The molecule has 31 heavy (non-hydrogen) atoms. The number of nitrogens with one attached hydrogen (secondary N) is 2. The maximum Gasteiger partial charge on any atom is 0.408 e. The second-order valence-electron chi connectivity index (χ2n) is 8.22. The van der Waals surface area contributed by atoms with Crippen LogP contribution in [0.5, 0.6) is 5.75 Å². The highest BCUT2D eigenvalue weighted by Crippen LogP contribution is 2.25. The molecule has 0 aliphatic rings. The summed E-state index contributed by atoms with van der Waals surface area (Å²) in [7, 11) is 1.29. The number of ether oxygens (including phenoxy) is 3. The van der Waals surface area contributed by atoms with E-state index in [4.69, 9.17) is 14.2 Å². The van der Waals surface area contributed by atoms with E-state index in [0.717, 1.165) is 27.8 Å². The minimum absolute atomic E-state index is 0.260. The van der Waals surface area contributed by atoms with Crippen molar-refractivity contribution in [3.63, 3.8) is 0 Å². The molecule has 2 N–H and O–H groups in total. The average molecular weight is 424 g/mol. The zero-order chi connectivity index (χ0) is 22.4. The van der Waals surface area contributed by atoms with E-state index in [9.17, 15) is 9.59 Å². The summed E-state index contributed by atoms with van der Waals surface area (Å²) in [5, 5.41) is 3.54. The molecular weight excluding hydrogens is 396 g/mol. The number of hydrogen-bond donors (Lipinski definition) is 2. The van der Waals surface area contributed by atoms with Crippen molar-refractivity contribution in [3.05, 3.63) is 65.9 Å². The van der Waals surface area contributed by atoms with Crippen LogP contribution in [-0.2, 0) is 27.3 Å². The fourth-order valence-electron chi connectivity index (χ4n) is 3.17. The number of fused-ring (bicyclic) bond motifs is 1. The lowest BCUT2D eigenvalue weighted by Crippen LogP contribution is -2.45. The van der Waals surface area contributed by atoms with Crippen molar-refractivity contribution in [2.24, 2.45) is 0 Å². The predicted octanol–water partition coefficient (Wildman–Crippen LogP) is 4.36. The van der Waals surface area contributed by atoms with E-state index < -0.39 is 23.7 Å². The van der Waals surface area contributed by atoms with Gasteiger partial charge >= 0.3 is 12.1 Å². The van der Waals surface area contributed by atoms with Crippen LogP contribution in [0.1, 0.15) is 31.9 Å². The van der Waals surface area contributed by atoms with Crippen molar-refractivity contribution in [3.8, 4) is 5.75 Å². The molecule has 3 rings (SSSR count). The van der Waals surface area contributed by atoms with Crippen LogP contribution < -0.4 is 10.1 Å². The highest BCUT2D eigenvalue weighted by atomic mass is 16.6. The average Bonchev–Trinajstić information content (AvgIpc) is 3.12. The van der Waals surface area contributed by atoms with Crippen molar-refractivity contribution in [2.45, 2.75) is 45.4 Å². The summed E-state index contributed by atoms with van der Waals surface area (Å²) >= 11 is 0. The standard InChI is InChI=1S/C24H28N2O5/c1-24(2,3)31-23(28)26-21(22(27)29-4)12-17-14-25-20-13-18(10-11-19(17)20)30-15-16-8-6-5-7-9-16/h5-11,13-14,21,25H,12,15H2,1-4H3,(H,26,28)/t21-/m0/s1. The molecule has 0 saturated heterocycles. The monoisotopic (exact) mass is 424 g/mol. The Labute approximate surface area is 181 Å². The van der Waals surface area contributed by atoms with Crippen molar-refractivity contribution in [1.29, 1.82) is 0 Å². The van der Waals surface area contributed by atoms with Gasteiger partial charge < -0.3 is 24.5 Å². The van der Waals surface area contributed by atoms with E-state index >= 15 is 0 Å². The van der Waals surface area contributed by atoms with Crippen LogP contribution in [0.25, 0.3) is 10.9 Å². The number of amides is 1. The molecule has 0 spiro atoms. The number of methoxy groups -OCH3 is 1. The van der Waals surface area contributed by atoms with E-state index in [2.05, 4.69) is 10.3 Å². The first-order chi connectivity index (χ1) is 14.7. The van der Waals surface area contributed by atoms with Gasteiger partial charge in [0.1, 0.15) is 24.0 Å². The van der Waals surface area contributed by atoms with Gasteiger partial charge in [-0.3, -0.25) is 0 Å². The number of H-pyrrole nitrogens is 1. The molecule has 0 radical (unpaired) electrons. The summed E-state index contributed by atoms with van der Waals surface area (Å²) in [5.41, 5.74) is 2.17. The van der Waals surface area contributed by atoms with Gasteiger partial charge in [-0.1, -0.05) is 30.3 Å². The first-order valence-corrected chi connectivity index (χ1v) is 10.1. The third-order valence-corrected chi connectivity index (χ3v) is 4.59. The Balaban J connectivity index is 1.71. The highest BCUT2D eigenvalue weighted by molar-refractivity contribution is 5.87. The van der Waals surface area contributed by atoms with Crippen LogP contribution >= 0.6 is 0 Å². The first kappa shape index (κ1) is 22.2. The zero-order valence-corrected chi connectivity index (χ0v) is 18.2. The summed E-state index contributed by atoms with van der Waals surface area (Å²) in [6, 6.07) is 14.8. The maximum absolute atomic E-state index is 12.2. The summed E-state index contributed by atoms with van der Waals surface area (Å²) in [5.74, 6) is 0.198. The largest absolute Gasteiger partial charge is 0.489 e. The maximum atomic E-state index is 12.2. The lowest BCUT2D eigenvalue weighted by atomic mass is 10.0. The number of benzene rings is 2. The molecule has 0 fully saturated rings. The summed E-state index contributed by atoms with van der Waals surface area (Å²) in [6.07, 6.45) is 1.41. The lowest BCUT2D eigenvalue weighted by Gasteiger charge is -2.22. The van der Waals surface area contributed by atoms with E-state index in [1.807, 2.05) is 54.7 Å². The number of aromatic nitrogens is 1. The Hall–Kier alpha value is -3.48. The number of carbonyl (C=O) groups is 2. The van der Waals surface area contributed by atoms with Gasteiger partial charge in [0.15, 0.2) is 0 Å². The van der Waals surface area contributed by atoms with E-state index in [-0.39, 0.29) is 6.42 Å². The Morgan fingerprint density at radius 3 is 2.52 bits per heavy atom. The summed E-state index contributed by atoms with van der Waals surface area (Å²) < 4.78 is 16.0. The van der Waals surface area contributed by atoms with Gasteiger partial charge in [-0.15, -0.1) is 0 Å². The second-order valence-corrected chi connectivity index (χ2v) is 8.22. The van der Waals surface area contributed by atoms with Crippen LogP contribution in [0.3, 0.4) is 0 Å². The zero-order valence-electron chi connectivity index (χ0n) is 18.2. The predicted molar refractivity (Wildman–Crippen MR) is 118 cm³/mol. The normalized spacial score (nSPS) is 12.3. The molecule has 7 nitrogen and oxygen atoms in total. The van der Waals surface area contributed by atoms with Crippen molar-refractivity contribution < 1.29 is 23.8 Å². The number of alkyl carbamates (subject to hydrolysis) is 1. The molecule has 7 heteroatoms. The van der Waals surface area contributed by atoms with Gasteiger partial charge in [0.2, 0.25) is 0 Å². The van der Waals surface area contributed by atoms with Gasteiger partial charge in [0.25, 0.3) is 0 Å². The topological polar surface area (TPSA) is 89.7 Å². The Bertz CT molecular complexity index is 1040. The molecule has 0 saturated carbocycles. The summed E-state index contributed by atoms with van der Waals surface area (Å²) in [4.78, 5) is 27.6. The van der Waals surface area contributed by atoms with Crippen LogP contribution in [0.15, 0.2) is 54.7 Å². The van der Waals surface area contributed by atoms with Crippen molar-refractivity contribution >= 4 is 23.0 Å². The first-order valence-electron chi connectivity index (χ1n) is 10.1. The van der Waals surface area contributed by atoms with Crippen LogP contribution in [-0.4, -0.2) is 35.8 Å². The fourth-order valence-corrected chi connectivity index (χ4v) is 3.17. The fraction of sp³-hybridized carbons (Fsp3) is 0.333. The van der Waals surface area contributed by atoms with Gasteiger partial charge in [0, 0.05) is 29.6 Å². The molecule has 2 aromatic carbocycles.